The third-order valence-electron chi connectivity index (χ3n) is 3.50. The molecule has 128 valence electrons. The van der Waals surface area contributed by atoms with Crippen molar-refractivity contribution < 1.29 is 15.1 Å². The minimum absolute atomic E-state index is 0.323. The Bertz CT molecular complexity index is 212. The lowest BCUT2D eigenvalue weighted by molar-refractivity contribution is -0.880. The standard InChI is InChI=1S/C15H33NO.NO3/c1-3-4-5-6-7-8-9-10-11-12-13-16(2)14-15-17;2-1(3)4/h17H,3-15H2,1-2H3;/q;-1/p+1. The summed E-state index contributed by atoms with van der Waals surface area (Å²) in [5.74, 6) is 0. The first-order valence-corrected chi connectivity index (χ1v) is 8.28. The molecule has 0 saturated carbocycles. The molecule has 0 aliphatic rings. The normalized spacial score (nSPS) is 11.6. The number of unbranched alkanes of at least 4 members (excludes halogenated alkanes) is 9. The predicted molar refractivity (Wildman–Crippen MR) is 85.9 cm³/mol. The van der Waals surface area contributed by atoms with Gasteiger partial charge in [0.25, 0.3) is 0 Å². The summed E-state index contributed by atoms with van der Waals surface area (Å²) in [6.45, 7) is 4.72. The highest BCUT2D eigenvalue weighted by molar-refractivity contribution is 4.47. The molecule has 0 bridgehead atoms. The molecular weight excluding hydrogens is 272 g/mol. The lowest BCUT2D eigenvalue weighted by Crippen LogP contribution is -3.09. The minimum Gasteiger partial charge on any atom is -0.391 e. The van der Waals surface area contributed by atoms with Crippen molar-refractivity contribution in [1.82, 2.24) is 0 Å². The third-order valence-corrected chi connectivity index (χ3v) is 3.50. The summed E-state index contributed by atoms with van der Waals surface area (Å²) in [7, 11) is 2.17. The van der Waals surface area contributed by atoms with Crippen LogP contribution >= 0.6 is 0 Å². The van der Waals surface area contributed by atoms with Gasteiger partial charge >= 0.3 is 0 Å². The topological polar surface area (TPSA) is 90.9 Å². The summed E-state index contributed by atoms with van der Waals surface area (Å²) in [6, 6.07) is 0. The number of rotatable bonds is 13. The van der Waals surface area contributed by atoms with Gasteiger partial charge < -0.3 is 25.3 Å². The van der Waals surface area contributed by atoms with E-state index in [4.69, 9.17) is 20.4 Å². The SMILES string of the molecule is CCCCCCCCCCCC[NH+](C)CCO.O=[N+]([O-])[O-]. The number of nitrogens with one attached hydrogen (secondary N) is 1. The van der Waals surface area contributed by atoms with Gasteiger partial charge in [0, 0.05) is 0 Å². The first-order chi connectivity index (χ1) is 10.0. The molecule has 0 rings (SSSR count). The van der Waals surface area contributed by atoms with E-state index in [1.54, 1.807) is 0 Å². The summed E-state index contributed by atoms with van der Waals surface area (Å²) in [4.78, 5) is 9.71. The molecule has 0 fully saturated rings. The monoisotopic (exact) mass is 306 g/mol. The molecular formula is C15H34N2O4. The van der Waals surface area contributed by atoms with E-state index in [-0.39, 0.29) is 0 Å². The molecule has 0 spiro atoms. The van der Waals surface area contributed by atoms with E-state index in [2.05, 4.69) is 14.0 Å². The van der Waals surface area contributed by atoms with Gasteiger partial charge in [-0.05, 0) is 12.8 Å². The average molecular weight is 306 g/mol. The van der Waals surface area contributed by atoms with Crippen molar-refractivity contribution >= 4 is 0 Å². The number of hydrogen-bond acceptors (Lipinski definition) is 4. The summed E-state index contributed by atoms with van der Waals surface area (Å²) in [6.07, 6.45) is 14.0. The lowest BCUT2D eigenvalue weighted by Gasteiger charge is -2.11. The van der Waals surface area contributed by atoms with Gasteiger partial charge in [-0.2, -0.15) is 0 Å². The van der Waals surface area contributed by atoms with Crippen LogP contribution in [0.15, 0.2) is 0 Å². The van der Waals surface area contributed by atoms with Crippen molar-refractivity contribution in [1.29, 1.82) is 0 Å². The number of aliphatic hydroxyl groups excluding tert-OH is 1. The lowest BCUT2D eigenvalue weighted by atomic mass is 10.1. The molecule has 0 aromatic heterocycles. The Labute approximate surface area is 129 Å². The zero-order chi connectivity index (χ0) is 16.3. The van der Waals surface area contributed by atoms with Crippen LogP contribution in [0, 0.1) is 15.3 Å². The molecule has 0 aromatic carbocycles. The number of quaternary nitrogens is 1. The molecule has 0 amide bonds. The van der Waals surface area contributed by atoms with Gasteiger partial charge in [0.1, 0.15) is 6.54 Å². The Balaban J connectivity index is 0. The van der Waals surface area contributed by atoms with Gasteiger partial charge in [-0.1, -0.05) is 58.3 Å². The molecule has 0 aliphatic heterocycles. The van der Waals surface area contributed by atoms with Gasteiger partial charge in [0.2, 0.25) is 0 Å². The van der Waals surface area contributed by atoms with Crippen LogP contribution in [0.25, 0.3) is 0 Å². The van der Waals surface area contributed by atoms with E-state index >= 15 is 0 Å². The summed E-state index contributed by atoms with van der Waals surface area (Å²) < 4.78 is 0. The van der Waals surface area contributed by atoms with Gasteiger partial charge in [0.05, 0.1) is 25.3 Å². The number of likely N-dealkylation sites (N-methyl/N-ethyl adjacent to an activating group) is 1. The summed E-state index contributed by atoms with van der Waals surface area (Å²) in [5.41, 5.74) is 0. The number of hydrogen-bond donors (Lipinski definition) is 2. The van der Waals surface area contributed by atoms with E-state index in [9.17, 15) is 0 Å². The first-order valence-electron chi connectivity index (χ1n) is 8.28. The van der Waals surface area contributed by atoms with Crippen LogP contribution in [0.5, 0.6) is 0 Å². The fourth-order valence-corrected chi connectivity index (χ4v) is 2.23. The quantitative estimate of drug-likeness (QED) is 0.310. The highest BCUT2D eigenvalue weighted by atomic mass is 16.9. The van der Waals surface area contributed by atoms with Gasteiger partial charge in [-0.25, -0.2) is 0 Å². The second-order valence-corrected chi connectivity index (χ2v) is 5.59. The molecule has 0 saturated heterocycles. The fourth-order valence-electron chi connectivity index (χ4n) is 2.23. The van der Waals surface area contributed by atoms with Crippen molar-refractivity contribution in [2.24, 2.45) is 0 Å². The molecule has 0 heterocycles. The van der Waals surface area contributed by atoms with E-state index in [1.165, 1.54) is 75.7 Å². The molecule has 21 heavy (non-hydrogen) atoms. The van der Waals surface area contributed by atoms with Crippen LogP contribution < -0.4 is 4.90 Å². The minimum atomic E-state index is -1.75. The third kappa shape index (κ3) is 28.1. The van der Waals surface area contributed by atoms with E-state index in [0.29, 0.717) is 6.61 Å². The predicted octanol–water partition coefficient (Wildman–Crippen LogP) is 2.18. The van der Waals surface area contributed by atoms with Gasteiger partial charge in [0.15, 0.2) is 0 Å². The molecule has 6 nitrogen and oxygen atoms in total. The second-order valence-electron chi connectivity index (χ2n) is 5.59. The molecule has 0 radical (unpaired) electrons. The fraction of sp³-hybridized carbons (Fsp3) is 1.00. The molecule has 0 aromatic rings. The van der Waals surface area contributed by atoms with E-state index < -0.39 is 5.09 Å². The molecule has 0 aliphatic carbocycles. The van der Waals surface area contributed by atoms with Crippen LogP contribution in [0.3, 0.4) is 0 Å². The maximum absolute atomic E-state index is 8.78. The van der Waals surface area contributed by atoms with Crippen molar-refractivity contribution in [2.75, 3.05) is 26.7 Å². The molecule has 2 N–H and O–H groups in total. The van der Waals surface area contributed by atoms with Gasteiger partial charge in [-0.15, -0.1) is 0 Å². The largest absolute Gasteiger partial charge is 0.391 e. The second kappa shape index (κ2) is 19.1. The molecule has 1 unspecified atom stereocenters. The van der Waals surface area contributed by atoms with Crippen LogP contribution in [0.1, 0.15) is 71.1 Å². The summed E-state index contributed by atoms with van der Waals surface area (Å²) in [5, 5.41) is 23.5. The Kier molecular flexibility index (Phi) is 20.4. The Hall–Kier alpha value is -0.880. The van der Waals surface area contributed by atoms with Crippen molar-refractivity contribution in [3.63, 3.8) is 0 Å². The van der Waals surface area contributed by atoms with Crippen LogP contribution in [-0.4, -0.2) is 36.9 Å². The zero-order valence-corrected chi connectivity index (χ0v) is 13.8. The zero-order valence-electron chi connectivity index (χ0n) is 13.8. The van der Waals surface area contributed by atoms with E-state index in [0.717, 1.165) is 6.54 Å². The Morgan fingerprint density at radius 1 is 0.857 bits per heavy atom. The average Bonchev–Trinajstić information content (AvgIpc) is 2.40. The number of nitrogens with zero attached hydrogens (tertiary/aromatic N) is 1. The van der Waals surface area contributed by atoms with Crippen LogP contribution in [-0.2, 0) is 0 Å². The van der Waals surface area contributed by atoms with Crippen molar-refractivity contribution in [2.45, 2.75) is 71.1 Å². The molecule has 1 atom stereocenters. The Morgan fingerprint density at radius 2 is 1.24 bits per heavy atom. The smallest absolute Gasteiger partial charge is 0.100 e. The highest BCUT2D eigenvalue weighted by Crippen LogP contribution is 2.09. The van der Waals surface area contributed by atoms with E-state index in [1.807, 2.05) is 0 Å². The summed E-state index contributed by atoms with van der Waals surface area (Å²) >= 11 is 0. The van der Waals surface area contributed by atoms with Gasteiger partial charge in [-0.3, -0.25) is 0 Å². The number of aliphatic hydroxyl groups is 1. The molecule has 6 heteroatoms. The first kappa shape index (κ1) is 22.4. The maximum atomic E-state index is 8.78. The Morgan fingerprint density at radius 3 is 1.62 bits per heavy atom. The van der Waals surface area contributed by atoms with Crippen LogP contribution in [0.4, 0.5) is 0 Å². The van der Waals surface area contributed by atoms with Crippen molar-refractivity contribution in [3.05, 3.63) is 15.3 Å². The van der Waals surface area contributed by atoms with Crippen molar-refractivity contribution in [3.8, 4) is 0 Å². The highest BCUT2D eigenvalue weighted by Gasteiger charge is 1.99. The maximum Gasteiger partial charge on any atom is 0.100 e. The van der Waals surface area contributed by atoms with Crippen LogP contribution in [0.2, 0.25) is 0 Å².